The molecule has 128 valence electrons. The Morgan fingerprint density at radius 3 is 2.35 bits per heavy atom. The zero-order valence-corrected chi connectivity index (χ0v) is 15.3. The minimum atomic E-state index is 0.0546. The molecule has 0 amide bonds. The summed E-state index contributed by atoms with van der Waals surface area (Å²) >= 11 is 0. The molecule has 1 saturated carbocycles. The maximum Gasteiger partial charge on any atom is 0.191 e. The Hall–Kier alpha value is -1.55. The summed E-state index contributed by atoms with van der Waals surface area (Å²) in [5, 5.41) is 6.92. The van der Waals surface area contributed by atoms with Crippen LogP contribution in [0.25, 0.3) is 0 Å². The molecule has 2 rings (SSSR count). The summed E-state index contributed by atoms with van der Waals surface area (Å²) in [7, 11) is 4.20. The Morgan fingerprint density at radius 1 is 1.17 bits per heavy atom. The topological polar surface area (TPSA) is 39.7 Å². The number of likely N-dealkylation sites (N-methyl/N-ethyl adjacent to an activating group) is 1. The smallest absolute Gasteiger partial charge is 0.191 e. The van der Waals surface area contributed by atoms with E-state index in [0.717, 1.165) is 25.6 Å². The van der Waals surface area contributed by atoms with E-state index in [2.05, 4.69) is 80.7 Å². The molecule has 4 nitrogen and oxygen atoms in total. The van der Waals surface area contributed by atoms with Crippen molar-refractivity contribution in [2.24, 2.45) is 4.99 Å². The van der Waals surface area contributed by atoms with E-state index in [0.29, 0.717) is 5.41 Å². The summed E-state index contributed by atoms with van der Waals surface area (Å²) < 4.78 is 0. The van der Waals surface area contributed by atoms with Crippen LogP contribution in [0, 0.1) is 0 Å². The maximum atomic E-state index is 4.78. The van der Waals surface area contributed by atoms with Gasteiger partial charge in [0.15, 0.2) is 5.96 Å². The number of rotatable bonds is 7. The summed E-state index contributed by atoms with van der Waals surface area (Å²) in [5.74, 6) is 0.921. The van der Waals surface area contributed by atoms with E-state index in [1.165, 1.54) is 18.4 Å². The van der Waals surface area contributed by atoms with Crippen molar-refractivity contribution in [1.82, 2.24) is 15.5 Å². The molecule has 0 bridgehead atoms. The van der Waals surface area contributed by atoms with Crippen LogP contribution in [0.5, 0.6) is 0 Å². The average molecular weight is 316 g/mol. The fourth-order valence-electron chi connectivity index (χ4n) is 2.52. The van der Waals surface area contributed by atoms with Crippen LogP contribution in [0.4, 0.5) is 0 Å². The quantitative estimate of drug-likeness (QED) is 0.600. The highest BCUT2D eigenvalue weighted by molar-refractivity contribution is 5.80. The van der Waals surface area contributed by atoms with Crippen molar-refractivity contribution in [3.63, 3.8) is 0 Å². The molecule has 1 aliphatic rings. The van der Waals surface area contributed by atoms with Crippen molar-refractivity contribution in [2.75, 3.05) is 33.7 Å². The summed E-state index contributed by atoms with van der Waals surface area (Å²) in [5.41, 5.74) is 1.80. The van der Waals surface area contributed by atoms with Crippen LogP contribution in [0.2, 0.25) is 0 Å². The third kappa shape index (κ3) is 4.71. The maximum absolute atomic E-state index is 4.78. The molecular weight excluding hydrogens is 284 g/mol. The molecule has 2 N–H and O–H groups in total. The molecule has 0 radical (unpaired) electrons. The highest BCUT2D eigenvalue weighted by atomic mass is 15.2. The number of hydrogen-bond donors (Lipinski definition) is 2. The predicted molar refractivity (Wildman–Crippen MR) is 99.1 cm³/mol. The fraction of sp³-hybridized carbons (Fsp3) is 0.632. The van der Waals surface area contributed by atoms with Crippen molar-refractivity contribution < 1.29 is 0 Å². The van der Waals surface area contributed by atoms with E-state index >= 15 is 0 Å². The Morgan fingerprint density at radius 2 is 1.83 bits per heavy atom. The van der Waals surface area contributed by atoms with Crippen molar-refractivity contribution in [3.8, 4) is 0 Å². The minimum Gasteiger partial charge on any atom is -0.357 e. The van der Waals surface area contributed by atoms with Gasteiger partial charge in [-0.05, 0) is 53.3 Å². The van der Waals surface area contributed by atoms with Crippen LogP contribution in [-0.4, -0.2) is 50.1 Å². The average Bonchev–Trinajstić information content (AvgIpc) is 3.32. The van der Waals surface area contributed by atoms with Crippen LogP contribution < -0.4 is 10.6 Å². The molecule has 1 aromatic rings. The first-order valence-corrected chi connectivity index (χ1v) is 8.65. The van der Waals surface area contributed by atoms with Crippen LogP contribution >= 0.6 is 0 Å². The van der Waals surface area contributed by atoms with Crippen molar-refractivity contribution >= 4 is 5.96 Å². The Balaban J connectivity index is 1.98. The van der Waals surface area contributed by atoms with Gasteiger partial charge in [0.1, 0.15) is 0 Å². The van der Waals surface area contributed by atoms with Crippen LogP contribution in [0.15, 0.2) is 35.3 Å². The van der Waals surface area contributed by atoms with E-state index < -0.39 is 0 Å². The molecule has 0 unspecified atom stereocenters. The standard InChI is InChI=1S/C19H32N4/c1-6-20-17(21-14-18(2,3)23(4)5)22-15-19(12-13-19)16-10-8-7-9-11-16/h7-11H,6,12-15H2,1-5H3,(H2,20,21,22). The van der Waals surface area contributed by atoms with E-state index in [4.69, 9.17) is 4.99 Å². The second-order valence-electron chi connectivity index (χ2n) is 7.40. The highest BCUT2D eigenvalue weighted by Gasteiger charge is 2.44. The number of hydrogen-bond acceptors (Lipinski definition) is 2. The number of aliphatic imine (C=N–C) groups is 1. The fourth-order valence-corrected chi connectivity index (χ4v) is 2.52. The lowest BCUT2D eigenvalue weighted by atomic mass is 9.96. The molecule has 0 atom stereocenters. The largest absolute Gasteiger partial charge is 0.357 e. The van der Waals surface area contributed by atoms with Crippen molar-refractivity contribution in [2.45, 2.75) is 44.6 Å². The molecule has 0 aliphatic heterocycles. The molecule has 1 fully saturated rings. The lowest BCUT2D eigenvalue weighted by molar-refractivity contribution is 0.204. The Bertz CT molecular complexity index is 515. The zero-order chi connectivity index (χ0) is 16.9. The van der Waals surface area contributed by atoms with Gasteiger partial charge in [-0.25, -0.2) is 0 Å². The van der Waals surface area contributed by atoms with Gasteiger partial charge in [0.05, 0.1) is 6.54 Å². The summed E-state index contributed by atoms with van der Waals surface area (Å²) in [6, 6.07) is 10.8. The van der Waals surface area contributed by atoms with Crippen molar-refractivity contribution in [3.05, 3.63) is 35.9 Å². The predicted octanol–water partition coefficient (Wildman–Crippen LogP) is 2.61. The third-order valence-corrected chi connectivity index (χ3v) is 5.01. The van der Waals surface area contributed by atoms with Crippen LogP contribution in [-0.2, 0) is 5.41 Å². The number of nitrogens with zero attached hydrogens (tertiary/aromatic N) is 2. The van der Waals surface area contributed by atoms with Gasteiger partial charge in [0.2, 0.25) is 0 Å². The molecule has 0 aromatic heterocycles. The third-order valence-electron chi connectivity index (χ3n) is 5.01. The number of benzene rings is 1. The molecule has 1 aromatic carbocycles. The van der Waals surface area contributed by atoms with Gasteiger partial charge < -0.3 is 15.5 Å². The molecule has 0 heterocycles. The van der Waals surface area contributed by atoms with Crippen LogP contribution in [0.1, 0.15) is 39.2 Å². The van der Waals surface area contributed by atoms with Crippen molar-refractivity contribution in [1.29, 1.82) is 0 Å². The van der Waals surface area contributed by atoms with Gasteiger partial charge in [-0.15, -0.1) is 0 Å². The number of nitrogens with one attached hydrogen (secondary N) is 2. The summed E-state index contributed by atoms with van der Waals surface area (Å²) in [4.78, 5) is 7.00. The highest BCUT2D eigenvalue weighted by Crippen LogP contribution is 2.47. The number of guanidine groups is 1. The summed E-state index contributed by atoms with van der Waals surface area (Å²) in [6.07, 6.45) is 2.51. The first-order chi connectivity index (χ1) is 10.9. The molecule has 0 spiro atoms. The Labute approximate surface area is 141 Å². The van der Waals surface area contributed by atoms with E-state index in [-0.39, 0.29) is 5.54 Å². The first-order valence-electron chi connectivity index (χ1n) is 8.65. The summed E-state index contributed by atoms with van der Waals surface area (Å²) in [6.45, 7) is 9.14. The zero-order valence-electron chi connectivity index (χ0n) is 15.3. The minimum absolute atomic E-state index is 0.0546. The second kappa shape index (κ2) is 7.35. The van der Waals surface area contributed by atoms with Gasteiger partial charge in [0.25, 0.3) is 0 Å². The lowest BCUT2D eigenvalue weighted by Gasteiger charge is -2.31. The van der Waals surface area contributed by atoms with E-state index in [9.17, 15) is 0 Å². The van der Waals surface area contributed by atoms with E-state index in [1.807, 2.05) is 0 Å². The Kier molecular flexibility index (Phi) is 5.69. The van der Waals surface area contributed by atoms with Gasteiger partial charge in [-0.1, -0.05) is 30.3 Å². The molecule has 0 saturated heterocycles. The lowest BCUT2D eigenvalue weighted by Crippen LogP contribution is -2.45. The second-order valence-corrected chi connectivity index (χ2v) is 7.40. The first kappa shape index (κ1) is 17.8. The van der Waals surface area contributed by atoms with Gasteiger partial charge in [0, 0.05) is 24.0 Å². The molecule has 4 heteroatoms. The monoisotopic (exact) mass is 316 g/mol. The molecular formula is C19H32N4. The van der Waals surface area contributed by atoms with Gasteiger partial charge in [-0.2, -0.15) is 0 Å². The molecule has 23 heavy (non-hydrogen) atoms. The molecule has 1 aliphatic carbocycles. The van der Waals surface area contributed by atoms with Gasteiger partial charge >= 0.3 is 0 Å². The normalized spacial score (nSPS) is 17.2. The van der Waals surface area contributed by atoms with Gasteiger partial charge in [-0.3, -0.25) is 4.99 Å². The van der Waals surface area contributed by atoms with Crippen LogP contribution in [0.3, 0.4) is 0 Å². The van der Waals surface area contributed by atoms with E-state index in [1.54, 1.807) is 0 Å². The SMILES string of the molecule is CCNC(=NCC(C)(C)N(C)C)NCC1(c2ccccc2)CC1.